The van der Waals surface area contributed by atoms with Crippen molar-refractivity contribution in [3.05, 3.63) is 29.8 Å². The van der Waals surface area contributed by atoms with Gasteiger partial charge in [-0.15, -0.1) is 12.4 Å². The number of Topliss-reactive ketones (excluding diaryl/α,β-unsaturated/α-hetero) is 1. The highest BCUT2D eigenvalue weighted by atomic mass is 35.5. The van der Waals surface area contributed by atoms with Crippen molar-refractivity contribution in [3.8, 4) is 5.75 Å². The van der Waals surface area contributed by atoms with Crippen molar-refractivity contribution in [2.24, 2.45) is 5.73 Å². The summed E-state index contributed by atoms with van der Waals surface area (Å²) in [5.41, 5.74) is 6.73. The van der Waals surface area contributed by atoms with E-state index in [-0.39, 0.29) is 24.2 Å². The maximum atomic E-state index is 11.6. The number of ketones is 1. The standard InChI is InChI=1S/C17H26N2O2.ClH/c1-13(18)16-8-5-6-10-19(16)11-12-21-17-9-4-3-7-15(17)14(2)20;/h3-4,7,9,13,16H,5-6,8,10-12,18H2,1-2H3;1H. The second kappa shape index (κ2) is 9.13. The number of halogens is 1. The highest BCUT2D eigenvalue weighted by Gasteiger charge is 2.25. The quantitative estimate of drug-likeness (QED) is 0.817. The molecule has 0 radical (unpaired) electrons. The maximum absolute atomic E-state index is 11.6. The van der Waals surface area contributed by atoms with E-state index in [4.69, 9.17) is 10.5 Å². The van der Waals surface area contributed by atoms with Gasteiger partial charge in [0.2, 0.25) is 0 Å². The number of rotatable bonds is 6. The van der Waals surface area contributed by atoms with Crippen molar-refractivity contribution >= 4 is 18.2 Å². The van der Waals surface area contributed by atoms with E-state index in [0.717, 1.165) is 13.1 Å². The van der Waals surface area contributed by atoms with Crippen LogP contribution in [-0.4, -0.2) is 42.5 Å². The third kappa shape index (κ3) is 4.97. The van der Waals surface area contributed by atoms with Gasteiger partial charge in [0.05, 0.1) is 5.56 Å². The largest absolute Gasteiger partial charge is 0.491 e. The molecule has 2 rings (SSSR count). The number of nitrogens with zero attached hydrogens (tertiary/aromatic N) is 1. The van der Waals surface area contributed by atoms with Crippen LogP contribution in [0.5, 0.6) is 5.75 Å². The first-order valence-electron chi connectivity index (χ1n) is 7.82. The van der Waals surface area contributed by atoms with Crippen molar-refractivity contribution in [1.82, 2.24) is 4.90 Å². The Morgan fingerprint density at radius 1 is 1.41 bits per heavy atom. The molecule has 2 atom stereocenters. The molecule has 1 aliphatic rings. The van der Waals surface area contributed by atoms with Crippen LogP contribution >= 0.6 is 12.4 Å². The molecule has 1 heterocycles. The van der Waals surface area contributed by atoms with Crippen LogP contribution < -0.4 is 10.5 Å². The highest BCUT2D eigenvalue weighted by Crippen LogP contribution is 2.20. The summed E-state index contributed by atoms with van der Waals surface area (Å²) in [5, 5.41) is 0. The molecule has 0 aliphatic carbocycles. The number of carbonyl (C=O) groups is 1. The van der Waals surface area contributed by atoms with Crippen LogP contribution in [0.3, 0.4) is 0 Å². The normalized spacial score (nSPS) is 20.0. The molecule has 4 nitrogen and oxygen atoms in total. The molecule has 0 bridgehead atoms. The predicted octanol–water partition coefficient (Wildman–Crippen LogP) is 2.89. The lowest BCUT2D eigenvalue weighted by Crippen LogP contribution is -2.50. The van der Waals surface area contributed by atoms with Gasteiger partial charge in [0, 0.05) is 18.6 Å². The van der Waals surface area contributed by atoms with E-state index in [2.05, 4.69) is 11.8 Å². The van der Waals surface area contributed by atoms with E-state index < -0.39 is 0 Å². The number of likely N-dealkylation sites (tertiary alicyclic amines) is 1. The molecule has 1 aromatic rings. The van der Waals surface area contributed by atoms with Crippen molar-refractivity contribution in [1.29, 1.82) is 0 Å². The van der Waals surface area contributed by atoms with Crippen molar-refractivity contribution < 1.29 is 9.53 Å². The second-order valence-electron chi connectivity index (χ2n) is 5.86. The molecular weight excluding hydrogens is 300 g/mol. The zero-order chi connectivity index (χ0) is 15.2. The fraction of sp³-hybridized carbons (Fsp3) is 0.588. The van der Waals surface area contributed by atoms with Crippen molar-refractivity contribution in [2.75, 3.05) is 19.7 Å². The lowest BCUT2D eigenvalue weighted by molar-refractivity contribution is 0.0997. The number of para-hydroxylation sites is 1. The van der Waals surface area contributed by atoms with Gasteiger partial charge in [0.1, 0.15) is 12.4 Å². The molecule has 0 spiro atoms. The number of hydrogen-bond acceptors (Lipinski definition) is 4. The molecular formula is C17H27ClN2O2. The fourth-order valence-corrected chi connectivity index (χ4v) is 3.05. The molecule has 2 N–H and O–H groups in total. The van der Waals surface area contributed by atoms with Gasteiger partial charge >= 0.3 is 0 Å². The first kappa shape index (κ1) is 18.9. The van der Waals surface area contributed by atoms with Crippen molar-refractivity contribution in [3.63, 3.8) is 0 Å². The van der Waals surface area contributed by atoms with E-state index >= 15 is 0 Å². The molecule has 22 heavy (non-hydrogen) atoms. The zero-order valence-corrected chi connectivity index (χ0v) is 14.3. The number of nitrogens with two attached hydrogens (primary N) is 1. The Morgan fingerprint density at radius 3 is 2.82 bits per heavy atom. The molecule has 2 unspecified atom stereocenters. The van der Waals surface area contributed by atoms with Gasteiger partial charge in [0.15, 0.2) is 5.78 Å². The van der Waals surface area contributed by atoms with Crippen LogP contribution in [0.15, 0.2) is 24.3 Å². The van der Waals surface area contributed by atoms with E-state index in [9.17, 15) is 4.79 Å². The Balaban J connectivity index is 0.00000242. The van der Waals surface area contributed by atoms with Crippen LogP contribution in [0.4, 0.5) is 0 Å². The van der Waals surface area contributed by atoms with Crippen molar-refractivity contribution in [2.45, 2.75) is 45.2 Å². The number of piperidine rings is 1. The Kier molecular flexibility index (Phi) is 7.87. The minimum atomic E-state index is 0. The van der Waals surface area contributed by atoms with Crippen LogP contribution in [0.2, 0.25) is 0 Å². The Labute approximate surface area is 139 Å². The van der Waals surface area contributed by atoms with Gasteiger partial charge in [0.25, 0.3) is 0 Å². The molecule has 124 valence electrons. The third-order valence-electron chi connectivity index (χ3n) is 4.17. The van der Waals surface area contributed by atoms with E-state index in [1.165, 1.54) is 19.3 Å². The van der Waals surface area contributed by atoms with E-state index in [1.54, 1.807) is 6.92 Å². The zero-order valence-electron chi connectivity index (χ0n) is 13.5. The molecule has 0 saturated carbocycles. The summed E-state index contributed by atoms with van der Waals surface area (Å²) in [7, 11) is 0. The van der Waals surface area contributed by atoms with Gasteiger partial charge in [-0.25, -0.2) is 0 Å². The summed E-state index contributed by atoms with van der Waals surface area (Å²) in [6, 6.07) is 8.06. The van der Waals surface area contributed by atoms with Gasteiger partial charge in [-0.3, -0.25) is 9.69 Å². The molecule has 5 heteroatoms. The summed E-state index contributed by atoms with van der Waals surface area (Å²) in [6.07, 6.45) is 3.66. The van der Waals surface area contributed by atoms with Gasteiger partial charge in [-0.05, 0) is 45.4 Å². The number of benzene rings is 1. The average Bonchev–Trinajstić information content (AvgIpc) is 2.48. The monoisotopic (exact) mass is 326 g/mol. The minimum Gasteiger partial charge on any atom is -0.491 e. The maximum Gasteiger partial charge on any atom is 0.163 e. The SMILES string of the molecule is CC(=O)c1ccccc1OCCN1CCCCC1C(C)N.Cl. The molecule has 0 aromatic heterocycles. The van der Waals surface area contributed by atoms with Gasteiger partial charge in [-0.2, -0.15) is 0 Å². The molecule has 0 amide bonds. The van der Waals surface area contributed by atoms with Gasteiger partial charge in [-0.1, -0.05) is 18.6 Å². The smallest absolute Gasteiger partial charge is 0.163 e. The van der Waals surface area contributed by atoms with E-state index in [0.29, 0.717) is 24.0 Å². The van der Waals surface area contributed by atoms with Crippen LogP contribution in [0.25, 0.3) is 0 Å². The fourth-order valence-electron chi connectivity index (χ4n) is 3.05. The number of ether oxygens (including phenoxy) is 1. The minimum absolute atomic E-state index is 0. The number of hydrogen-bond donors (Lipinski definition) is 1. The Hall–Kier alpha value is -1.10. The topological polar surface area (TPSA) is 55.6 Å². The molecule has 1 saturated heterocycles. The summed E-state index contributed by atoms with van der Waals surface area (Å²) in [4.78, 5) is 14.0. The summed E-state index contributed by atoms with van der Waals surface area (Å²) >= 11 is 0. The van der Waals surface area contributed by atoms with E-state index in [1.807, 2.05) is 24.3 Å². The lowest BCUT2D eigenvalue weighted by Gasteiger charge is -2.37. The van der Waals surface area contributed by atoms with Gasteiger partial charge < -0.3 is 10.5 Å². The second-order valence-corrected chi connectivity index (χ2v) is 5.86. The lowest BCUT2D eigenvalue weighted by atomic mass is 9.97. The number of carbonyl (C=O) groups excluding carboxylic acids is 1. The highest BCUT2D eigenvalue weighted by molar-refractivity contribution is 5.96. The molecule has 1 aromatic carbocycles. The summed E-state index contributed by atoms with van der Waals surface area (Å²) in [5.74, 6) is 0.719. The van der Waals surface area contributed by atoms with Crippen LogP contribution in [-0.2, 0) is 0 Å². The van der Waals surface area contributed by atoms with Crippen LogP contribution in [0, 0.1) is 0 Å². The third-order valence-corrected chi connectivity index (χ3v) is 4.17. The first-order valence-corrected chi connectivity index (χ1v) is 7.82. The first-order chi connectivity index (χ1) is 10.1. The summed E-state index contributed by atoms with van der Waals surface area (Å²) < 4.78 is 5.83. The molecule has 1 fully saturated rings. The average molecular weight is 327 g/mol. The summed E-state index contributed by atoms with van der Waals surface area (Å²) in [6.45, 7) is 6.18. The Bertz CT molecular complexity index is 479. The predicted molar refractivity (Wildman–Crippen MR) is 92.1 cm³/mol. The Morgan fingerprint density at radius 2 is 2.14 bits per heavy atom. The molecule has 1 aliphatic heterocycles. The van der Waals surface area contributed by atoms with Crippen LogP contribution in [0.1, 0.15) is 43.5 Å².